The van der Waals surface area contributed by atoms with Crippen molar-refractivity contribution in [2.45, 2.75) is 52.0 Å². The zero-order valence-electron chi connectivity index (χ0n) is 18.7. The number of anilines is 1. The molecule has 0 radical (unpaired) electrons. The van der Waals surface area contributed by atoms with Gasteiger partial charge in [0.2, 0.25) is 5.91 Å². The number of carbonyl (C=O) groups is 1. The number of pyridine rings is 1. The maximum Gasteiger partial charge on any atom is 0.239 e. The van der Waals surface area contributed by atoms with Gasteiger partial charge in [-0.15, -0.1) is 0 Å². The van der Waals surface area contributed by atoms with Crippen LogP contribution in [0, 0.1) is 0 Å². The number of nitrogens with one attached hydrogen (secondary N) is 1. The van der Waals surface area contributed by atoms with Crippen LogP contribution in [0.3, 0.4) is 0 Å². The number of hydrogen-bond acceptors (Lipinski definition) is 7. The minimum atomic E-state index is -0.280. The summed E-state index contributed by atoms with van der Waals surface area (Å²) >= 11 is 0. The van der Waals surface area contributed by atoms with Crippen LogP contribution in [0.2, 0.25) is 0 Å². The Morgan fingerprint density at radius 2 is 1.83 bits per heavy atom. The van der Waals surface area contributed by atoms with E-state index >= 15 is 0 Å². The molecule has 8 nitrogen and oxygen atoms in total. The van der Waals surface area contributed by atoms with Crippen molar-refractivity contribution in [1.82, 2.24) is 20.3 Å². The highest BCUT2D eigenvalue weighted by Crippen LogP contribution is 2.33. The van der Waals surface area contributed by atoms with Gasteiger partial charge >= 0.3 is 0 Å². The molecule has 8 heteroatoms. The molecule has 1 N–H and O–H groups in total. The first-order chi connectivity index (χ1) is 14.2. The zero-order valence-corrected chi connectivity index (χ0v) is 18.7. The molecular formula is C22H31N5O3. The molecule has 2 aromatic heterocycles. The van der Waals surface area contributed by atoms with Crippen molar-refractivity contribution in [3.05, 3.63) is 23.5 Å². The molecule has 0 bridgehead atoms. The molecule has 162 valence electrons. The van der Waals surface area contributed by atoms with E-state index in [4.69, 9.17) is 19.4 Å². The van der Waals surface area contributed by atoms with Crippen molar-refractivity contribution in [1.29, 1.82) is 0 Å². The van der Waals surface area contributed by atoms with Gasteiger partial charge in [-0.2, -0.15) is 0 Å². The summed E-state index contributed by atoms with van der Waals surface area (Å²) in [4.78, 5) is 28.5. The van der Waals surface area contributed by atoms with E-state index in [-0.39, 0.29) is 18.0 Å². The lowest BCUT2D eigenvalue weighted by Gasteiger charge is -2.27. The van der Waals surface area contributed by atoms with E-state index in [1.165, 1.54) is 0 Å². The number of amides is 1. The second-order valence-electron chi connectivity index (χ2n) is 8.58. The van der Waals surface area contributed by atoms with Crippen molar-refractivity contribution in [2.75, 3.05) is 32.7 Å². The molecule has 1 amide bonds. The van der Waals surface area contributed by atoms with E-state index in [0.29, 0.717) is 23.0 Å². The molecule has 2 aromatic rings. The number of rotatable bonds is 6. The summed E-state index contributed by atoms with van der Waals surface area (Å²) in [5.74, 6) is 2.39. The first-order valence-corrected chi connectivity index (χ1v) is 10.2. The Balaban J connectivity index is 1.98. The molecule has 0 aliphatic heterocycles. The molecule has 30 heavy (non-hydrogen) atoms. The second-order valence-corrected chi connectivity index (χ2v) is 8.58. The quantitative estimate of drug-likeness (QED) is 0.779. The summed E-state index contributed by atoms with van der Waals surface area (Å²) < 4.78 is 10.7. The highest BCUT2D eigenvalue weighted by molar-refractivity contribution is 5.82. The van der Waals surface area contributed by atoms with Gasteiger partial charge in [0, 0.05) is 29.9 Å². The van der Waals surface area contributed by atoms with Gasteiger partial charge < -0.3 is 19.7 Å². The molecule has 0 unspecified atom stereocenters. The minimum Gasteiger partial charge on any atom is -0.493 e. The van der Waals surface area contributed by atoms with Crippen LogP contribution in [-0.4, -0.2) is 54.2 Å². The number of methoxy groups -OCH3 is 2. The van der Waals surface area contributed by atoms with Gasteiger partial charge in [-0.05, 0) is 46.5 Å². The zero-order chi connectivity index (χ0) is 21.9. The Morgan fingerprint density at radius 1 is 1.13 bits per heavy atom. The number of hydrogen-bond donors (Lipinski definition) is 1. The lowest BCUT2D eigenvalue weighted by atomic mass is 9.96. The molecule has 3 rings (SSSR count). The Morgan fingerprint density at radius 3 is 2.50 bits per heavy atom. The number of aryl methyl sites for hydroxylation is 1. The third-order valence-corrected chi connectivity index (χ3v) is 4.92. The maximum atomic E-state index is 12.5. The fraction of sp³-hybridized carbons (Fsp3) is 0.545. The molecule has 2 heterocycles. The molecule has 1 aliphatic rings. The van der Waals surface area contributed by atoms with Gasteiger partial charge in [-0.1, -0.05) is 0 Å². The number of aromatic nitrogens is 3. The van der Waals surface area contributed by atoms with Crippen LogP contribution in [0.1, 0.15) is 44.9 Å². The summed E-state index contributed by atoms with van der Waals surface area (Å²) in [7, 11) is 5.05. The fourth-order valence-corrected chi connectivity index (χ4v) is 3.61. The molecule has 0 saturated heterocycles. The average Bonchev–Trinajstić information content (AvgIpc) is 2.70. The van der Waals surface area contributed by atoms with E-state index in [1.807, 2.05) is 32.7 Å². The molecule has 0 saturated carbocycles. The Bertz CT molecular complexity index is 924. The Kier molecular flexibility index (Phi) is 6.43. The van der Waals surface area contributed by atoms with E-state index in [2.05, 4.69) is 10.3 Å². The molecule has 0 spiro atoms. The number of fused-ring (bicyclic) bond motifs is 1. The third kappa shape index (κ3) is 4.98. The van der Waals surface area contributed by atoms with Crippen LogP contribution in [0.5, 0.6) is 11.5 Å². The Labute approximate surface area is 178 Å². The minimum absolute atomic E-state index is 0.0426. The molecule has 0 aromatic carbocycles. The maximum absolute atomic E-state index is 12.5. The Hall–Kier alpha value is -2.90. The van der Waals surface area contributed by atoms with E-state index in [1.54, 1.807) is 26.5 Å². The highest BCUT2D eigenvalue weighted by Gasteiger charge is 2.23. The van der Waals surface area contributed by atoms with Crippen LogP contribution < -0.4 is 19.7 Å². The van der Waals surface area contributed by atoms with Crippen molar-refractivity contribution >= 4 is 11.7 Å². The number of likely N-dealkylation sites (N-methyl/N-ethyl adjacent to an activating group) is 1. The standard InChI is InChI=1S/C22H31N5O3/c1-22(2,3)26-19(28)13-27(4)21-14-9-7-8-10-15(14)24-20(25-21)16-11-17(29-5)18(30-6)12-23-16/h11-12H,7-10,13H2,1-6H3,(H,26,28). The van der Waals surface area contributed by atoms with Crippen molar-refractivity contribution < 1.29 is 14.3 Å². The average molecular weight is 414 g/mol. The van der Waals surface area contributed by atoms with Gasteiger partial charge in [0.15, 0.2) is 17.3 Å². The van der Waals surface area contributed by atoms with Crippen molar-refractivity contribution in [3.8, 4) is 23.0 Å². The monoisotopic (exact) mass is 413 g/mol. The summed E-state index contributed by atoms with van der Waals surface area (Å²) in [6.07, 6.45) is 5.61. The first-order valence-electron chi connectivity index (χ1n) is 10.2. The summed E-state index contributed by atoms with van der Waals surface area (Å²) in [5.41, 5.74) is 2.48. The SMILES string of the molecule is COc1cnc(-c2nc3c(c(N(C)CC(=O)NC(C)(C)C)n2)CCCC3)cc1OC. The van der Waals surface area contributed by atoms with Gasteiger partial charge in [0.25, 0.3) is 0 Å². The van der Waals surface area contributed by atoms with E-state index in [0.717, 1.165) is 42.8 Å². The normalized spacial score (nSPS) is 13.4. The van der Waals surface area contributed by atoms with Crippen molar-refractivity contribution in [3.63, 3.8) is 0 Å². The summed E-state index contributed by atoms with van der Waals surface area (Å²) in [6, 6.07) is 1.78. The topological polar surface area (TPSA) is 89.5 Å². The van der Waals surface area contributed by atoms with Gasteiger partial charge in [-0.25, -0.2) is 15.0 Å². The molecule has 1 aliphatic carbocycles. The lowest BCUT2D eigenvalue weighted by molar-refractivity contribution is -0.121. The summed E-state index contributed by atoms with van der Waals surface area (Å²) in [6.45, 7) is 6.13. The van der Waals surface area contributed by atoms with Crippen molar-refractivity contribution in [2.24, 2.45) is 0 Å². The van der Waals surface area contributed by atoms with E-state index in [9.17, 15) is 4.79 Å². The lowest BCUT2D eigenvalue weighted by Crippen LogP contribution is -2.45. The van der Waals surface area contributed by atoms with Crippen LogP contribution in [-0.2, 0) is 17.6 Å². The predicted octanol–water partition coefficient (Wildman–Crippen LogP) is 2.79. The van der Waals surface area contributed by atoms with Gasteiger partial charge in [0.05, 0.1) is 27.0 Å². The molecular weight excluding hydrogens is 382 g/mol. The van der Waals surface area contributed by atoms with Gasteiger partial charge in [-0.3, -0.25) is 4.79 Å². The number of carbonyl (C=O) groups excluding carboxylic acids is 1. The van der Waals surface area contributed by atoms with Crippen LogP contribution >= 0.6 is 0 Å². The molecule has 0 atom stereocenters. The third-order valence-electron chi connectivity index (χ3n) is 4.92. The second kappa shape index (κ2) is 8.85. The largest absolute Gasteiger partial charge is 0.493 e. The predicted molar refractivity (Wildman–Crippen MR) is 116 cm³/mol. The van der Waals surface area contributed by atoms with E-state index < -0.39 is 0 Å². The smallest absolute Gasteiger partial charge is 0.239 e. The van der Waals surface area contributed by atoms with Crippen LogP contribution in [0.25, 0.3) is 11.5 Å². The first kappa shape index (κ1) is 21.8. The van der Waals surface area contributed by atoms with Gasteiger partial charge in [0.1, 0.15) is 11.5 Å². The number of nitrogens with zero attached hydrogens (tertiary/aromatic N) is 4. The highest BCUT2D eigenvalue weighted by atomic mass is 16.5. The van der Waals surface area contributed by atoms with Crippen LogP contribution in [0.4, 0.5) is 5.82 Å². The summed E-state index contributed by atoms with van der Waals surface area (Å²) in [5, 5.41) is 3.01. The number of ether oxygens (including phenoxy) is 2. The van der Waals surface area contributed by atoms with Crippen LogP contribution in [0.15, 0.2) is 12.3 Å². The fourth-order valence-electron chi connectivity index (χ4n) is 3.61. The molecule has 0 fully saturated rings.